The third-order valence-corrected chi connectivity index (χ3v) is 4.89. The number of aryl methyl sites for hydroxylation is 1. The summed E-state index contributed by atoms with van der Waals surface area (Å²) in [5.74, 6) is -0.164. The molecule has 1 aromatic heterocycles. The first-order valence-corrected chi connectivity index (χ1v) is 9.12. The molecule has 0 spiro atoms. The van der Waals surface area contributed by atoms with Gasteiger partial charge >= 0.3 is 0 Å². The van der Waals surface area contributed by atoms with Crippen LogP contribution in [0.3, 0.4) is 0 Å². The summed E-state index contributed by atoms with van der Waals surface area (Å²) in [5.41, 5.74) is 4.18. The maximum atomic E-state index is 13.7. The number of nitrogens with zero attached hydrogens (tertiary/aromatic N) is 3. The topological polar surface area (TPSA) is 49.1 Å². The van der Waals surface area contributed by atoms with Gasteiger partial charge in [0, 0.05) is 35.9 Å². The number of ether oxygens (including phenoxy) is 1. The number of hydrogen-bond acceptors (Lipinski definition) is 4. The summed E-state index contributed by atoms with van der Waals surface area (Å²) in [7, 11) is 0. The summed E-state index contributed by atoms with van der Waals surface area (Å²) in [6.07, 6.45) is 2.46. The van der Waals surface area contributed by atoms with E-state index in [9.17, 15) is 4.39 Å². The SMILES string of the molecule is Cc1cc(N2CCCC2)c2ccc(COc3ccc(C#N)c(F)c3)cc2n1. The molecule has 5 heteroatoms. The molecule has 0 saturated carbocycles. The minimum atomic E-state index is -0.568. The van der Waals surface area contributed by atoms with Crippen LogP contribution in [0.15, 0.2) is 42.5 Å². The van der Waals surface area contributed by atoms with Crippen LogP contribution in [-0.2, 0) is 6.61 Å². The molecule has 1 aliphatic rings. The molecule has 0 radical (unpaired) electrons. The number of pyridine rings is 1. The standard InChI is InChI=1S/C22H20FN3O/c1-15-10-22(26-8-2-3-9-26)19-7-4-16(11-21(19)25-15)14-27-18-6-5-17(13-24)20(23)12-18/h4-7,10-12H,2-3,8-9,14H2,1H3. The second-order valence-electron chi connectivity index (χ2n) is 6.87. The number of hydrogen-bond donors (Lipinski definition) is 0. The fourth-order valence-electron chi connectivity index (χ4n) is 3.54. The third kappa shape index (κ3) is 3.56. The van der Waals surface area contributed by atoms with Crippen molar-refractivity contribution in [2.45, 2.75) is 26.4 Å². The van der Waals surface area contributed by atoms with Gasteiger partial charge in [-0.25, -0.2) is 4.39 Å². The lowest BCUT2D eigenvalue weighted by Crippen LogP contribution is -2.18. The third-order valence-electron chi connectivity index (χ3n) is 4.89. The molecule has 4 rings (SSSR count). The molecule has 136 valence electrons. The highest BCUT2D eigenvalue weighted by Crippen LogP contribution is 2.30. The Morgan fingerprint density at radius 2 is 1.96 bits per heavy atom. The van der Waals surface area contributed by atoms with Crippen molar-refractivity contribution in [1.29, 1.82) is 5.26 Å². The number of nitriles is 1. The van der Waals surface area contributed by atoms with Gasteiger partial charge in [-0.3, -0.25) is 4.98 Å². The number of rotatable bonds is 4. The van der Waals surface area contributed by atoms with Gasteiger partial charge in [-0.1, -0.05) is 12.1 Å². The van der Waals surface area contributed by atoms with Crippen molar-refractivity contribution < 1.29 is 9.13 Å². The fraction of sp³-hybridized carbons (Fsp3) is 0.273. The largest absolute Gasteiger partial charge is 0.489 e. The van der Waals surface area contributed by atoms with Gasteiger partial charge in [-0.15, -0.1) is 0 Å². The van der Waals surface area contributed by atoms with E-state index in [-0.39, 0.29) is 5.56 Å². The van der Waals surface area contributed by atoms with Crippen molar-refractivity contribution in [2.75, 3.05) is 18.0 Å². The van der Waals surface area contributed by atoms with E-state index in [4.69, 9.17) is 10.00 Å². The zero-order chi connectivity index (χ0) is 18.8. The Bertz CT molecular complexity index is 1040. The monoisotopic (exact) mass is 361 g/mol. The molecule has 2 aromatic carbocycles. The van der Waals surface area contributed by atoms with Crippen LogP contribution in [0.25, 0.3) is 10.9 Å². The molecule has 0 unspecified atom stereocenters. The number of benzene rings is 2. The van der Waals surface area contributed by atoms with E-state index < -0.39 is 5.82 Å². The Labute approximate surface area is 157 Å². The number of halogens is 1. The molecule has 1 saturated heterocycles. The average Bonchev–Trinajstić information content (AvgIpc) is 3.20. The van der Waals surface area contributed by atoms with Gasteiger partial charge in [-0.2, -0.15) is 5.26 Å². The molecule has 1 fully saturated rings. The minimum absolute atomic E-state index is 0.0159. The van der Waals surface area contributed by atoms with Crippen LogP contribution >= 0.6 is 0 Å². The second-order valence-corrected chi connectivity index (χ2v) is 6.87. The highest BCUT2D eigenvalue weighted by molar-refractivity contribution is 5.92. The van der Waals surface area contributed by atoms with E-state index in [2.05, 4.69) is 22.0 Å². The summed E-state index contributed by atoms with van der Waals surface area (Å²) in [4.78, 5) is 7.11. The van der Waals surface area contributed by atoms with E-state index in [1.807, 2.05) is 25.1 Å². The van der Waals surface area contributed by atoms with Crippen LogP contribution in [0, 0.1) is 24.1 Å². The van der Waals surface area contributed by atoms with Crippen LogP contribution in [-0.4, -0.2) is 18.1 Å². The summed E-state index contributed by atoms with van der Waals surface area (Å²) in [6, 6.07) is 14.4. The predicted octanol–water partition coefficient (Wildman–Crippen LogP) is 4.73. The van der Waals surface area contributed by atoms with E-state index in [0.717, 1.165) is 35.2 Å². The lowest BCUT2D eigenvalue weighted by molar-refractivity contribution is 0.304. The minimum Gasteiger partial charge on any atom is -0.489 e. The maximum Gasteiger partial charge on any atom is 0.144 e. The molecule has 1 aliphatic heterocycles. The molecule has 0 N–H and O–H groups in total. The maximum absolute atomic E-state index is 13.7. The van der Waals surface area contributed by atoms with E-state index in [1.165, 1.54) is 30.7 Å². The van der Waals surface area contributed by atoms with Gasteiger partial charge in [0.05, 0.1) is 11.1 Å². The van der Waals surface area contributed by atoms with Crippen molar-refractivity contribution in [2.24, 2.45) is 0 Å². The van der Waals surface area contributed by atoms with E-state index in [0.29, 0.717) is 12.4 Å². The van der Waals surface area contributed by atoms with Gasteiger partial charge in [0.15, 0.2) is 0 Å². The Morgan fingerprint density at radius 3 is 2.70 bits per heavy atom. The van der Waals surface area contributed by atoms with Gasteiger partial charge in [0.25, 0.3) is 0 Å². The van der Waals surface area contributed by atoms with Crippen LogP contribution in [0.5, 0.6) is 5.75 Å². The zero-order valence-corrected chi connectivity index (χ0v) is 15.2. The van der Waals surface area contributed by atoms with Gasteiger partial charge in [0.1, 0.15) is 24.2 Å². The second kappa shape index (κ2) is 7.24. The highest BCUT2D eigenvalue weighted by atomic mass is 19.1. The number of fused-ring (bicyclic) bond motifs is 1. The number of anilines is 1. The van der Waals surface area contributed by atoms with Crippen LogP contribution < -0.4 is 9.64 Å². The molecular formula is C22H20FN3O. The molecule has 2 heterocycles. The van der Waals surface area contributed by atoms with Gasteiger partial charge in [0.2, 0.25) is 0 Å². The molecule has 27 heavy (non-hydrogen) atoms. The summed E-state index contributed by atoms with van der Waals surface area (Å²) < 4.78 is 19.4. The van der Waals surface area contributed by atoms with Crippen molar-refractivity contribution in [3.63, 3.8) is 0 Å². The Kier molecular flexibility index (Phi) is 4.64. The summed E-state index contributed by atoms with van der Waals surface area (Å²) in [6.45, 7) is 4.51. The predicted molar refractivity (Wildman–Crippen MR) is 103 cm³/mol. The van der Waals surface area contributed by atoms with Crippen molar-refractivity contribution in [3.8, 4) is 11.8 Å². The van der Waals surface area contributed by atoms with Gasteiger partial charge < -0.3 is 9.64 Å². The molecule has 4 nitrogen and oxygen atoms in total. The quantitative estimate of drug-likeness (QED) is 0.674. The Morgan fingerprint density at radius 1 is 1.15 bits per heavy atom. The average molecular weight is 361 g/mol. The molecule has 3 aromatic rings. The fourth-order valence-corrected chi connectivity index (χ4v) is 3.54. The smallest absolute Gasteiger partial charge is 0.144 e. The lowest BCUT2D eigenvalue weighted by atomic mass is 10.1. The highest BCUT2D eigenvalue weighted by Gasteiger charge is 2.16. The Hall–Kier alpha value is -3.13. The van der Waals surface area contributed by atoms with E-state index >= 15 is 0 Å². The summed E-state index contributed by atoms with van der Waals surface area (Å²) in [5, 5.41) is 9.95. The first-order chi connectivity index (χ1) is 13.1. The van der Waals surface area contributed by atoms with Crippen LogP contribution in [0.4, 0.5) is 10.1 Å². The van der Waals surface area contributed by atoms with E-state index in [1.54, 1.807) is 6.07 Å². The lowest BCUT2D eigenvalue weighted by Gasteiger charge is -2.20. The van der Waals surface area contributed by atoms with Crippen LogP contribution in [0.2, 0.25) is 0 Å². The van der Waals surface area contributed by atoms with Crippen molar-refractivity contribution in [1.82, 2.24) is 4.98 Å². The van der Waals surface area contributed by atoms with Gasteiger partial charge in [-0.05, 0) is 49.6 Å². The first-order valence-electron chi connectivity index (χ1n) is 9.12. The van der Waals surface area contributed by atoms with Crippen molar-refractivity contribution >= 4 is 16.6 Å². The Balaban J connectivity index is 1.58. The molecule has 0 bridgehead atoms. The number of aromatic nitrogens is 1. The van der Waals surface area contributed by atoms with Crippen LogP contribution in [0.1, 0.15) is 29.7 Å². The molecule has 0 atom stereocenters. The first kappa shape index (κ1) is 17.3. The van der Waals surface area contributed by atoms with Crippen molar-refractivity contribution in [3.05, 3.63) is 65.1 Å². The molecule has 0 amide bonds. The summed E-state index contributed by atoms with van der Waals surface area (Å²) >= 11 is 0. The molecular weight excluding hydrogens is 341 g/mol. The molecule has 0 aliphatic carbocycles. The zero-order valence-electron chi connectivity index (χ0n) is 15.2. The normalized spacial score (nSPS) is 13.7.